The third-order valence-electron chi connectivity index (χ3n) is 6.66. The Morgan fingerprint density at radius 2 is 1.93 bits per heavy atom. The number of fused-ring (bicyclic) bond motifs is 1. The summed E-state index contributed by atoms with van der Waals surface area (Å²) in [6.07, 6.45) is 3.68. The molecule has 3 atom stereocenters. The predicted octanol–water partition coefficient (Wildman–Crippen LogP) is 2.90. The van der Waals surface area contributed by atoms with Gasteiger partial charge >= 0.3 is 0 Å². The first-order chi connectivity index (χ1) is 13.6. The monoisotopic (exact) mass is 388 g/mol. The molecule has 0 unspecified atom stereocenters. The number of hydrogen-bond donors (Lipinski definition) is 0. The van der Waals surface area contributed by atoms with E-state index in [1.165, 1.54) is 18.4 Å². The molecule has 0 bridgehead atoms. The van der Waals surface area contributed by atoms with Crippen molar-refractivity contribution in [1.82, 2.24) is 9.80 Å². The highest BCUT2D eigenvalue weighted by molar-refractivity contribution is 5.78. The van der Waals surface area contributed by atoms with Crippen molar-refractivity contribution in [2.75, 3.05) is 39.6 Å². The number of ether oxygens (including phenoxy) is 3. The highest BCUT2D eigenvalue weighted by Crippen LogP contribution is 2.36. The predicted molar refractivity (Wildman–Crippen MR) is 106 cm³/mol. The van der Waals surface area contributed by atoms with E-state index in [0.29, 0.717) is 50.7 Å². The number of amides is 1. The number of rotatable bonds is 5. The first kappa shape index (κ1) is 19.5. The highest BCUT2D eigenvalue weighted by atomic mass is 16.7. The summed E-state index contributed by atoms with van der Waals surface area (Å²) in [6, 6.07) is 6.56. The maximum Gasteiger partial charge on any atom is 0.236 e. The second-order valence-electron chi connectivity index (χ2n) is 8.42. The number of benzene rings is 1. The van der Waals surface area contributed by atoms with E-state index >= 15 is 0 Å². The first-order valence-electron chi connectivity index (χ1n) is 10.6. The fourth-order valence-electron chi connectivity index (χ4n) is 4.72. The van der Waals surface area contributed by atoms with Crippen LogP contribution in [-0.2, 0) is 16.1 Å². The first-order valence-corrected chi connectivity index (χ1v) is 10.6. The Labute approximate surface area is 167 Å². The molecule has 1 aromatic rings. The topological polar surface area (TPSA) is 51.2 Å². The van der Waals surface area contributed by atoms with Crippen molar-refractivity contribution in [3.63, 3.8) is 0 Å². The van der Waals surface area contributed by atoms with E-state index in [1.54, 1.807) is 0 Å². The van der Waals surface area contributed by atoms with E-state index in [0.717, 1.165) is 24.5 Å². The van der Waals surface area contributed by atoms with E-state index in [1.807, 2.05) is 11.0 Å². The van der Waals surface area contributed by atoms with Gasteiger partial charge in [-0.15, -0.1) is 0 Å². The molecule has 1 saturated carbocycles. The van der Waals surface area contributed by atoms with E-state index < -0.39 is 0 Å². The fraction of sp³-hybridized carbons (Fsp3) is 0.682. The maximum absolute atomic E-state index is 13.0. The average Bonchev–Trinajstić information content (AvgIpc) is 3.18. The lowest BCUT2D eigenvalue weighted by molar-refractivity contribution is -0.138. The van der Waals surface area contributed by atoms with Crippen molar-refractivity contribution in [2.24, 2.45) is 11.8 Å². The van der Waals surface area contributed by atoms with Gasteiger partial charge < -0.3 is 19.1 Å². The van der Waals surface area contributed by atoms with Crippen LogP contribution in [0.4, 0.5) is 0 Å². The maximum atomic E-state index is 13.0. The van der Waals surface area contributed by atoms with Crippen molar-refractivity contribution in [3.05, 3.63) is 23.8 Å². The molecule has 6 heteroatoms. The molecule has 28 heavy (non-hydrogen) atoms. The zero-order chi connectivity index (χ0) is 19.5. The van der Waals surface area contributed by atoms with Crippen LogP contribution in [0.5, 0.6) is 11.5 Å². The van der Waals surface area contributed by atoms with Crippen molar-refractivity contribution in [2.45, 2.75) is 45.7 Å². The van der Waals surface area contributed by atoms with Crippen LogP contribution >= 0.6 is 0 Å². The molecule has 4 rings (SSSR count). The van der Waals surface area contributed by atoms with Crippen LogP contribution in [0.2, 0.25) is 0 Å². The van der Waals surface area contributed by atoms with E-state index in [2.05, 4.69) is 30.9 Å². The zero-order valence-electron chi connectivity index (χ0n) is 17.1. The van der Waals surface area contributed by atoms with Gasteiger partial charge in [0.05, 0.1) is 19.8 Å². The molecule has 1 aromatic carbocycles. The number of morpholine rings is 1. The largest absolute Gasteiger partial charge is 0.454 e. The second-order valence-corrected chi connectivity index (χ2v) is 8.42. The molecule has 0 spiro atoms. The number of hydrogen-bond acceptors (Lipinski definition) is 5. The van der Waals surface area contributed by atoms with Crippen LogP contribution in [0, 0.1) is 11.8 Å². The number of carbonyl (C=O) groups excluding carboxylic acids is 1. The van der Waals surface area contributed by atoms with Gasteiger partial charge in [0.25, 0.3) is 0 Å². The van der Waals surface area contributed by atoms with Gasteiger partial charge in [0.2, 0.25) is 12.7 Å². The van der Waals surface area contributed by atoms with Crippen LogP contribution in [0.3, 0.4) is 0 Å². The Morgan fingerprint density at radius 3 is 2.75 bits per heavy atom. The fourth-order valence-corrected chi connectivity index (χ4v) is 4.72. The molecular formula is C22H32N2O4. The van der Waals surface area contributed by atoms with Crippen LogP contribution in [0.1, 0.15) is 38.7 Å². The molecule has 1 saturated heterocycles. The van der Waals surface area contributed by atoms with Crippen LogP contribution in [0.25, 0.3) is 0 Å². The van der Waals surface area contributed by atoms with Gasteiger partial charge in [-0.3, -0.25) is 9.69 Å². The standard InChI is InChI=1S/C22H32N2O4/c1-16-4-3-5-19(17(16)2)24(14-22(25)23-8-10-26-11-9-23)13-18-6-7-20-21(12-18)28-15-27-20/h6-7,12,16-17,19H,3-5,8-11,13-15H2,1-2H3/t16-,17+,19-/m1/s1. The lowest BCUT2D eigenvalue weighted by Gasteiger charge is -2.42. The SMILES string of the molecule is C[C@H]1[C@H](C)CCC[C@H]1N(CC(=O)N1CCOCC1)Cc1ccc2c(c1)OCO2. The summed E-state index contributed by atoms with van der Waals surface area (Å²) in [6.45, 7) is 8.90. The lowest BCUT2D eigenvalue weighted by atomic mass is 9.77. The van der Waals surface area contributed by atoms with E-state index in [-0.39, 0.29) is 12.7 Å². The van der Waals surface area contributed by atoms with Gasteiger partial charge in [-0.2, -0.15) is 0 Å². The molecular weight excluding hydrogens is 356 g/mol. The summed E-state index contributed by atoms with van der Waals surface area (Å²) in [4.78, 5) is 17.4. The quantitative estimate of drug-likeness (QED) is 0.776. The van der Waals surface area contributed by atoms with Gasteiger partial charge in [-0.25, -0.2) is 0 Å². The summed E-state index contributed by atoms with van der Waals surface area (Å²) in [5, 5.41) is 0. The normalized spacial score (nSPS) is 27.2. The van der Waals surface area contributed by atoms with Crippen LogP contribution in [0.15, 0.2) is 18.2 Å². The van der Waals surface area contributed by atoms with Crippen molar-refractivity contribution < 1.29 is 19.0 Å². The van der Waals surface area contributed by atoms with Gasteiger partial charge in [0.1, 0.15) is 0 Å². The Bertz CT molecular complexity index is 689. The molecule has 6 nitrogen and oxygen atoms in total. The molecule has 2 fully saturated rings. The summed E-state index contributed by atoms with van der Waals surface area (Å²) < 4.78 is 16.4. The number of carbonyl (C=O) groups is 1. The van der Waals surface area contributed by atoms with Gasteiger partial charge in [-0.05, 0) is 36.0 Å². The summed E-state index contributed by atoms with van der Waals surface area (Å²) in [5.41, 5.74) is 1.17. The molecule has 2 aliphatic heterocycles. The molecule has 0 radical (unpaired) electrons. The second kappa shape index (κ2) is 8.70. The molecule has 154 valence electrons. The highest BCUT2D eigenvalue weighted by Gasteiger charge is 2.33. The van der Waals surface area contributed by atoms with Gasteiger partial charge in [-0.1, -0.05) is 32.8 Å². The third kappa shape index (κ3) is 4.28. The molecule has 2 heterocycles. The van der Waals surface area contributed by atoms with Crippen LogP contribution < -0.4 is 9.47 Å². The molecule has 0 aromatic heterocycles. The van der Waals surface area contributed by atoms with Crippen LogP contribution in [-0.4, -0.2) is 61.4 Å². The molecule has 0 N–H and O–H groups in total. The minimum atomic E-state index is 0.217. The van der Waals surface area contributed by atoms with E-state index in [9.17, 15) is 4.79 Å². The van der Waals surface area contributed by atoms with Gasteiger partial charge in [0.15, 0.2) is 11.5 Å². The summed E-state index contributed by atoms with van der Waals surface area (Å²) in [7, 11) is 0. The Balaban J connectivity index is 1.51. The summed E-state index contributed by atoms with van der Waals surface area (Å²) >= 11 is 0. The Kier molecular flexibility index (Phi) is 6.07. The smallest absolute Gasteiger partial charge is 0.236 e. The van der Waals surface area contributed by atoms with Crippen molar-refractivity contribution >= 4 is 5.91 Å². The molecule has 1 aliphatic carbocycles. The summed E-state index contributed by atoms with van der Waals surface area (Å²) in [5.74, 6) is 3.10. The average molecular weight is 389 g/mol. The Hall–Kier alpha value is -1.79. The Morgan fingerprint density at radius 1 is 1.14 bits per heavy atom. The molecule has 1 amide bonds. The minimum Gasteiger partial charge on any atom is -0.454 e. The number of nitrogens with zero attached hydrogens (tertiary/aromatic N) is 2. The zero-order valence-corrected chi connectivity index (χ0v) is 17.1. The van der Waals surface area contributed by atoms with Gasteiger partial charge in [0, 0.05) is 25.7 Å². The van der Waals surface area contributed by atoms with Crippen molar-refractivity contribution in [1.29, 1.82) is 0 Å². The van der Waals surface area contributed by atoms with E-state index in [4.69, 9.17) is 14.2 Å². The van der Waals surface area contributed by atoms with Crippen molar-refractivity contribution in [3.8, 4) is 11.5 Å². The minimum absolute atomic E-state index is 0.217. The third-order valence-corrected chi connectivity index (χ3v) is 6.66. The molecule has 3 aliphatic rings. The lowest BCUT2D eigenvalue weighted by Crippen LogP contribution is -2.50.